The monoisotopic (exact) mass is 604 g/mol. The first-order valence-electron chi connectivity index (χ1n) is 14.0. The number of benzene rings is 3. The van der Waals surface area contributed by atoms with Crippen LogP contribution >= 0.6 is 23.7 Å². The van der Waals surface area contributed by atoms with Gasteiger partial charge in [-0.1, -0.05) is 26.0 Å². The Hall–Kier alpha value is -3.88. The third-order valence-electron chi connectivity index (χ3n) is 7.41. The number of halogens is 1. The lowest BCUT2D eigenvalue weighted by atomic mass is 9.91. The van der Waals surface area contributed by atoms with E-state index < -0.39 is 5.97 Å². The van der Waals surface area contributed by atoms with E-state index in [9.17, 15) is 14.7 Å². The molecule has 1 aliphatic heterocycles. The van der Waals surface area contributed by atoms with E-state index in [2.05, 4.69) is 42.8 Å². The highest BCUT2D eigenvalue weighted by atomic mass is 35.5. The van der Waals surface area contributed by atoms with Crippen molar-refractivity contribution in [3.63, 3.8) is 0 Å². The van der Waals surface area contributed by atoms with E-state index in [1.807, 2.05) is 66.0 Å². The average Bonchev–Trinajstić information content (AvgIpc) is 3.43. The van der Waals surface area contributed by atoms with Crippen molar-refractivity contribution in [2.45, 2.75) is 40.2 Å². The Morgan fingerprint density at radius 2 is 1.52 bits per heavy atom. The normalized spacial score (nSPS) is 16.5. The lowest BCUT2D eigenvalue weighted by Crippen LogP contribution is -2.38. The predicted octanol–water partition coefficient (Wildman–Crippen LogP) is 8.21. The first kappa shape index (κ1) is 31.1. The zero-order valence-corrected chi connectivity index (χ0v) is 25.9. The molecule has 4 aromatic rings. The van der Waals surface area contributed by atoms with Gasteiger partial charge in [0.2, 0.25) is 0 Å². The molecule has 7 nitrogen and oxygen atoms in total. The molecule has 0 spiro atoms. The minimum absolute atomic E-state index is 0. The molecule has 0 aliphatic carbocycles. The molecule has 5 rings (SSSR count). The Balaban J connectivity index is 0.00000405. The van der Waals surface area contributed by atoms with Crippen molar-refractivity contribution in [3.05, 3.63) is 89.3 Å². The summed E-state index contributed by atoms with van der Waals surface area (Å²) in [5.41, 5.74) is 5.45. The van der Waals surface area contributed by atoms with Gasteiger partial charge in [-0.15, -0.1) is 23.7 Å². The van der Waals surface area contributed by atoms with Crippen molar-refractivity contribution in [1.29, 1.82) is 0 Å². The smallest absolute Gasteiger partial charge is 0.335 e. The van der Waals surface area contributed by atoms with Gasteiger partial charge in [-0.25, -0.2) is 9.78 Å². The summed E-state index contributed by atoms with van der Waals surface area (Å²) in [6, 6.07) is 22.5. The van der Waals surface area contributed by atoms with Gasteiger partial charge in [0.15, 0.2) is 5.13 Å². The molecule has 2 atom stereocenters. The highest BCUT2D eigenvalue weighted by Crippen LogP contribution is 2.34. The summed E-state index contributed by atoms with van der Waals surface area (Å²) in [7, 11) is 0. The molecule has 220 valence electrons. The molecule has 1 aromatic heterocycles. The summed E-state index contributed by atoms with van der Waals surface area (Å²) in [6.45, 7) is 10.9. The number of hydrogen-bond acceptors (Lipinski definition) is 6. The third-order valence-corrected chi connectivity index (χ3v) is 8.25. The molecule has 9 heteroatoms. The van der Waals surface area contributed by atoms with Crippen LogP contribution in [-0.4, -0.2) is 41.1 Å². The number of carbonyl (C=O) groups excluding carboxylic acids is 1. The highest BCUT2D eigenvalue weighted by Gasteiger charge is 2.22. The molecule has 1 amide bonds. The second-order valence-electron chi connectivity index (χ2n) is 11.3. The molecule has 0 saturated carbocycles. The standard InChI is InChI=1S/C33H36N4O3S.ClH/c1-21(2)37(29-15-9-26(10-16-29)32(39)40)33-35-30(20-41-33)24-5-11-27(12-6-24)34-31(38)25-7-13-28(14-8-25)36-18-22(3)17-23(4)19-36;/h5-16,20-23H,17-19H2,1-4H3,(H,34,38)(H,39,40);1H. The number of anilines is 4. The zero-order chi connectivity index (χ0) is 29.1. The van der Waals surface area contributed by atoms with E-state index in [4.69, 9.17) is 4.98 Å². The Morgan fingerprint density at radius 1 is 0.929 bits per heavy atom. The van der Waals surface area contributed by atoms with Crippen LogP contribution in [0.4, 0.5) is 22.2 Å². The highest BCUT2D eigenvalue weighted by molar-refractivity contribution is 7.14. The Labute approximate surface area is 257 Å². The molecule has 2 unspecified atom stereocenters. The van der Waals surface area contributed by atoms with Gasteiger partial charge >= 0.3 is 5.97 Å². The van der Waals surface area contributed by atoms with Crippen LogP contribution in [0.3, 0.4) is 0 Å². The molecule has 1 saturated heterocycles. The summed E-state index contributed by atoms with van der Waals surface area (Å²) < 4.78 is 0. The number of nitrogens with one attached hydrogen (secondary N) is 1. The van der Waals surface area contributed by atoms with Crippen LogP contribution in [0.5, 0.6) is 0 Å². The van der Waals surface area contributed by atoms with Gasteiger partial charge in [0.1, 0.15) is 0 Å². The van der Waals surface area contributed by atoms with E-state index in [-0.39, 0.29) is 29.9 Å². The molecule has 1 aliphatic rings. The van der Waals surface area contributed by atoms with Gasteiger partial charge < -0.3 is 20.2 Å². The van der Waals surface area contributed by atoms with Crippen molar-refractivity contribution >= 4 is 57.8 Å². The molecule has 2 heterocycles. The van der Waals surface area contributed by atoms with Gasteiger partial charge in [0.25, 0.3) is 5.91 Å². The number of carbonyl (C=O) groups is 2. The Morgan fingerprint density at radius 3 is 2.10 bits per heavy atom. The third kappa shape index (κ3) is 7.12. The van der Waals surface area contributed by atoms with E-state index in [0.717, 1.165) is 40.9 Å². The van der Waals surface area contributed by atoms with Crippen LogP contribution in [-0.2, 0) is 0 Å². The fourth-order valence-corrected chi connectivity index (χ4v) is 6.51. The molecular formula is C33H37ClN4O3S. The Kier molecular flexibility index (Phi) is 9.91. The maximum absolute atomic E-state index is 12.9. The number of piperidine rings is 1. The van der Waals surface area contributed by atoms with Crippen LogP contribution in [0, 0.1) is 11.8 Å². The lowest BCUT2D eigenvalue weighted by molar-refractivity contribution is 0.0696. The summed E-state index contributed by atoms with van der Waals surface area (Å²) >= 11 is 1.54. The maximum atomic E-state index is 12.9. The van der Waals surface area contributed by atoms with Crippen LogP contribution in [0.2, 0.25) is 0 Å². The molecule has 0 radical (unpaired) electrons. The van der Waals surface area contributed by atoms with Gasteiger partial charge in [-0.05, 0) is 92.8 Å². The summed E-state index contributed by atoms with van der Waals surface area (Å²) in [4.78, 5) is 33.5. The SMILES string of the molecule is CC1CC(C)CN(c2ccc(C(=O)Nc3ccc(-c4csc(N(c5ccc(C(=O)O)cc5)C(C)C)n4)cc3)cc2)C1.Cl. The lowest BCUT2D eigenvalue weighted by Gasteiger charge is -2.36. The number of carboxylic acid groups (broad SMARTS) is 1. The second-order valence-corrected chi connectivity index (χ2v) is 12.1. The van der Waals surface area contributed by atoms with Crippen LogP contribution in [0.1, 0.15) is 54.8 Å². The van der Waals surface area contributed by atoms with Crippen LogP contribution in [0.25, 0.3) is 11.3 Å². The van der Waals surface area contributed by atoms with Crippen molar-refractivity contribution in [1.82, 2.24) is 4.98 Å². The fourth-order valence-electron chi connectivity index (χ4n) is 5.53. The van der Waals surface area contributed by atoms with Gasteiger partial charge in [0.05, 0.1) is 11.3 Å². The van der Waals surface area contributed by atoms with E-state index in [1.165, 1.54) is 23.4 Å². The maximum Gasteiger partial charge on any atom is 0.335 e. The summed E-state index contributed by atoms with van der Waals surface area (Å²) in [6.07, 6.45) is 1.26. The molecule has 0 bridgehead atoms. The van der Waals surface area contributed by atoms with Gasteiger partial charge in [0, 0.05) is 52.7 Å². The molecule has 3 aromatic carbocycles. The number of hydrogen-bond donors (Lipinski definition) is 2. The van der Waals surface area contributed by atoms with Crippen LogP contribution < -0.4 is 15.1 Å². The number of aromatic carboxylic acids is 1. The Bertz CT molecular complexity index is 1490. The number of rotatable bonds is 8. The summed E-state index contributed by atoms with van der Waals surface area (Å²) in [5, 5.41) is 15.1. The van der Waals surface area contributed by atoms with E-state index >= 15 is 0 Å². The first-order chi connectivity index (χ1) is 19.7. The van der Waals surface area contributed by atoms with Gasteiger partial charge in [-0.3, -0.25) is 4.79 Å². The van der Waals surface area contributed by atoms with Crippen molar-refractivity contribution < 1.29 is 14.7 Å². The topological polar surface area (TPSA) is 85.8 Å². The molecule has 1 fully saturated rings. The molecular weight excluding hydrogens is 568 g/mol. The molecule has 2 N–H and O–H groups in total. The number of carboxylic acids is 1. The van der Waals surface area contributed by atoms with Gasteiger partial charge in [-0.2, -0.15) is 0 Å². The molecule has 42 heavy (non-hydrogen) atoms. The number of amides is 1. The summed E-state index contributed by atoms with van der Waals surface area (Å²) in [5.74, 6) is 0.265. The first-order valence-corrected chi connectivity index (χ1v) is 14.9. The van der Waals surface area contributed by atoms with Crippen molar-refractivity contribution in [3.8, 4) is 11.3 Å². The number of thiazole rings is 1. The second kappa shape index (κ2) is 13.4. The zero-order valence-electron chi connectivity index (χ0n) is 24.3. The fraction of sp³-hybridized carbons (Fsp3) is 0.303. The minimum Gasteiger partial charge on any atom is -0.478 e. The predicted molar refractivity (Wildman–Crippen MR) is 175 cm³/mol. The van der Waals surface area contributed by atoms with Crippen molar-refractivity contribution in [2.24, 2.45) is 11.8 Å². The number of nitrogens with zero attached hydrogens (tertiary/aromatic N) is 3. The van der Waals surface area contributed by atoms with Crippen LogP contribution in [0.15, 0.2) is 78.2 Å². The quantitative estimate of drug-likeness (QED) is 0.211. The van der Waals surface area contributed by atoms with E-state index in [1.54, 1.807) is 12.1 Å². The minimum atomic E-state index is -0.945. The average molecular weight is 605 g/mol. The number of aromatic nitrogens is 1. The van der Waals surface area contributed by atoms with E-state index in [0.29, 0.717) is 17.4 Å². The largest absolute Gasteiger partial charge is 0.478 e. The van der Waals surface area contributed by atoms with Crippen molar-refractivity contribution in [2.75, 3.05) is 28.2 Å².